The number of aromatic nitrogens is 1. The van der Waals surface area contributed by atoms with Gasteiger partial charge < -0.3 is 15.8 Å². The highest BCUT2D eigenvalue weighted by molar-refractivity contribution is 5.92. The van der Waals surface area contributed by atoms with Crippen LogP contribution in [0.4, 0.5) is 11.4 Å². The van der Waals surface area contributed by atoms with Crippen LogP contribution in [0.5, 0.6) is 0 Å². The Morgan fingerprint density at radius 1 is 1.28 bits per heavy atom. The van der Waals surface area contributed by atoms with E-state index in [1.165, 1.54) is 0 Å². The van der Waals surface area contributed by atoms with Crippen molar-refractivity contribution in [1.82, 2.24) is 4.98 Å². The maximum absolute atomic E-state index is 5.75. The van der Waals surface area contributed by atoms with Crippen LogP contribution in [0, 0.1) is 0 Å². The number of ether oxygens (including phenoxy) is 1. The first-order chi connectivity index (χ1) is 8.81. The minimum Gasteiger partial charge on any atom is -0.399 e. The summed E-state index contributed by atoms with van der Waals surface area (Å²) in [5.41, 5.74) is 8.53. The Morgan fingerprint density at radius 3 is 3.00 bits per heavy atom. The van der Waals surface area contributed by atoms with Gasteiger partial charge in [-0.3, -0.25) is 4.98 Å². The second-order valence-electron chi connectivity index (χ2n) is 4.26. The van der Waals surface area contributed by atoms with Crippen molar-refractivity contribution in [1.29, 1.82) is 0 Å². The summed E-state index contributed by atoms with van der Waals surface area (Å²) in [7, 11) is 1.73. The first-order valence-electron chi connectivity index (χ1n) is 6.18. The van der Waals surface area contributed by atoms with Crippen molar-refractivity contribution in [2.24, 2.45) is 0 Å². The number of hydrogen-bond acceptors (Lipinski definition) is 4. The van der Waals surface area contributed by atoms with Gasteiger partial charge in [0, 0.05) is 43.2 Å². The SMILES string of the molecule is COCCCCNc1ccnc2cc(N)ccc12. The van der Waals surface area contributed by atoms with Gasteiger partial charge in [-0.05, 0) is 37.1 Å². The number of fused-ring (bicyclic) bond motifs is 1. The highest BCUT2D eigenvalue weighted by atomic mass is 16.5. The lowest BCUT2D eigenvalue weighted by Gasteiger charge is -2.09. The Labute approximate surface area is 107 Å². The number of rotatable bonds is 6. The Morgan fingerprint density at radius 2 is 2.17 bits per heavy atom. The summed E-state index contributed by atoms with van der Waals surface area (Å²) in [6, 6.07) is 7.80. The van der Waals surface area contributed by atoms with Crippen LogP contribution in [-0.2, 0) is 4.74 Å². The number of benzene rings is 1. The molecule has 0 saturated carbocycles. The van der Waals surface area contributed by atoms with Crippen LogP contribution in [0.2, 0.25) is 0 Å². The molecule has 0 aliphatic carbocycles. The van der Waals surface area contributed by atoms with E-state index in [1.54, 1.807) is 13.3 Å². The standard InChI is InChI=1S/C14H19N3O/c1-18-9-3-2-7-16-13-6-8-17-14-10-11(15)4-5-12(13)14/h4-6,8,10H,2-3,7,9,15H2,1H3,(H,16,17). The largest absolute Gasteiger partial charge is 0.399 e. The summed E-state index contributed by atoms with van der Waals surface area (Å²) < 4.78 is 5.03. The molecule has 2 rings (SSSR count). The normalized spacial score (nSPS) is 10.7. The molecule has 0 atom stereocenters. The van der Waals surface area contributed by atoms with E-state index in [0.717, 1.165) is 48.3 Å². The highest BCUT2D eigenvalue weighted by Crippen LogP contribution is 2.23. The maximum atomic E-state index is 5.75. The number of nitrogens with two attached hydrogens (primary N) is 1. The average Bonchev–Trinajstić information content (AvgIpc) is 2.38. The number of methoxy groups -OCH3 is 1. The van der Waals surface area contributed by atoms with Crippen LogP contribution in [0.25, 0.3) is 10.9 Å². The summed E-state index contributed by atoms with van der Waals surface area (Å²) in [6.07, 6.45) is 3.96. The molecule has 0 aliphatic heterocycles. The molecule has 0 fully saturated rings. The molecule has 0 amide bonds. The van der Waals surface area contributed by atoms with Crippen molar-refractivity contribution in [3.05, 3.63) is 30.5 Å². The van der Waals surface area contributed by atoms with Crippen LogP contribution >= 0.6 is 0 Å². The van der Waals surface area contributed by atoms with Gasteiger partial charge in [-0.25, -0.2) is 0 Å². The van der Waals surface area contributed by atoms with Crippen LogP contribution in [0.15, 0.2) is 30.5 Å². The van der Waals surface area contributed by atoms with Crippen LogP contribution in [0.1, 0.15) is 12.8 Å². The number of hydrogen-bond donors (Lipinski definition) is 2. The van der Waals surface area contributed by atoms with Gasteiger partial charge in [-0.1, -0.05) is 0 Å². The molecule has 2 aromatic rings. The topological polar surface area (TPSA) is 60.2 Å². The van der Waals surface area contributed by atoms with Crippen LogP contribution < -0.4 is 11.1 Å². The summed E-state index contributed by atoms with van der Waals surface area (Å²) in [5.74, 6) is 0. The fraction of sp³-hybridized carbons (Fsp3) is 0.357. The van der Waals surface area contributed by atoms with E-state index < -0.39 is 0 Å². The lowest BCUT2D eigenvalue weighted by atomic mass is 10.1. The van der Waals surface area contributed by atoms with E-state index in [4.69, 9.17) is 10.5 Å². The molecule has 1 aromatic heterocycles. The predicted molar refractivity (Wildman–Crippen MR) is 75.8 cm³/mol. The Hall–Kier alpha value is -1.81. The third-order valence-electron chi connectivity index (χ3n) is 2.86. The first-order valence-corrected chi connectivity index (χ1v) is 6.18. The Kier molecular flexibility index (Phi) is 4.36. The molecule has 0 unspecified atom stereocenters. The predicted octanol–water partition coefficient (Wildman–Crippen LogP) is 2.66. The van der Waals surface area contributed by atoms with Gasteiger partial charge in [0.25, 0.3) is 0 Å². The molecule has 0 saturated heterocycles. The zero-order valence-electron chi connectivity index (χ0n) is 10.6. The average molecular weight is 245 g/mol. The van der Waals surface area contributed by atoms with E-state index in [0.29, 0.717) is 0 Å². The number of nitrogens with one attached hydrogen (secondary N) is 1. The van der Waals surface area contributed by atoms with E-state index in [-0.39, 0.29) is 0 Å². The molecule has 1 heterocycles. The molecule has 0 spiro atoms. The third-order valence-corrected chi connectivity index (χ3v) is 2.86. The van der Waals surface area contributed by atoms with Crippen molar-refractivity contribution in [3.63, 3.8) is 0 Å². The molecule has 0 aliphatic rings. The van der Waals surface area contributed by atoms with Gasteiger partial charge in [0.15, 0.2) is 0 Å². The van der Waals surface area contributed by atoms with Crippen molar-refractivity contribution in [3.8, 4) is 0 Å². The lowest BCUT2D eigenvalue weighted by Crippen LogP contribution is -2.03. The Balaban J connectivity index is 2.04. The fourth-order valence-electron chi connectivity index (χ4n) is 1.91. The summed E-state index contributed by atoms with van der Waals surface area (Å²) in [4.78, 5) is 4.32. The number of nitrogens with zero attached hydrogens (tertiary/aromatic N) is 1. The van der Waals surface area contributed by atoms with Gasteiger partial charge in [-0.2, -0.15) is 0 Å². The van der Waals surface area contributed by atoms with E-state index in [2.05, 4.69) is 10.3 Å². The van der Waals surface area contributed by atoms with Gasteiger partial charge in [0.1, 0.15) is 0 Å². The lowest BCUT2D eigenvalue weighted by molar-refractivity contribution is 0.194. The van der Waals surface area contributed by atoms with E-state index in [9.17, 15) is 0 Å². The summed E-state index contributed by atoms with van der Waals surface area (Å²) in [6.45, 7) is 1.75. The molecule has 18 heavy (non-hydrogen) atoms. The van der Waals surface area contributed by atoms with Crippen LogP contribution in [0.3, 0.4) is 0 Å². The summed E-state index contributed by atoms with van der Waals surface area (Å²) >= 11 is 0. The molecule has 0 radical (unpaired) electrons. The molecule has 4 nitrogen and oxygen atoms in total. The fourth-order valence-corrected chi connectivity index (χ4v) is 1.91. The Bertz CT molecular complexity index is 513. The minimum atomic E-state index is 0.743. The number of unbranched alkanes of at least 4 members (excludes halogenated alkanes) is 1. The minimum absolute atomic E-state index is 0.743. The smallest absolute Gasteiger partial charge is 0.0743 e. The molecule has 3 N–H and O–H groups in total. The van der Waals surface area contributed by atoms with Crippen molar-refractivity contribution in [2.75, 3.05) is 31.3 Å². The van der Waals surface area contributed by atoms with Crippen LogP contribution in [-0.4, -0.2) is 25.2 Å². The molecule has 96 valence electrons. The van der Waals surface area contributed by atoms with Gasteiger partial charge >= 0.3 is 0 Å². The molecular formula is C14H19N3O. The third kappa shape index (κ3) is 3.11. The number of anilines is 2. The number of nitrogen functional groups attached to an aromatic ring is 1. The monoisotopic (exact) mass is 245 g/mol. The van der Waals surface area contributed by atoms with E-state index in [1.807, 2.05) is 24.3 Å². The second-order valence-corrected chi connectivity index (χ2v) is 4.26. The summed E-state index contributed by atoms with van der Waals surface area (Å²) in [5, 5.41) is 4.54. The number of pyridine rings is 1. The van der Waals surface area contributed by atoms with Gasteiger partial charge in [-0.15, -0.1) is 0 Å². The second kappa shape index (κ2) is 6.21. The van der Waals surface area contributed by atoms with Gasteiger partial charge in [0.05, 0.1) is 5.52 Å². The first kappa shape index (κ1) is 12.6. The van der Waals surface area contributed by atoms with E-state index >= 15 is 0 Å². The zero-order chi connectivity index (χ0) is 12.8. The van der Waals surface area contributed by atoms with Crippen molar-refractivity contribution < 1.29 is 4.74 Å². The molecule has 1 aromatic carbocycles. The molecule has 0 bridgehead atoms. The van der Waals surface area contributed by atoms with Crippen molar-refractivity contribution in [2.45, 2.75) is 12.8 Å². The molecule has 4 heteroatoms. The maximum Gasteiger partial charge on any atom is 0.0743 e. The molecular weight excluding hydrogens is 226 g/mol. The zero-order valence-corrected chi connectivity index (χ0v) is 10.6. The quantitative estimate of drug-likeness (QED) is 0.606. The van der Waals surface area contributed by atoms with Crippen molar-refractivity contribution >= 4 is 22.3 Å². The highest BCUT2D eigenvalue weighted by Gasteiger charge is 2.01. The van der Waals surface area contributed by atoms with Gasteiger partial charge in [0.2, 0.25) is 0 Å².